The summed E-state index contributed by atoms with van der Waals surface area (Å²) >= 11 is 0. The summed E-state index contributed by atoms with van der Waals surface area (Å²) in [5, 5.41) is 8.45. The van der Waals surface area contributed by atoms with Crippen LogP contribution in [0.4, 0.5) is 0 Å². The predicted molar refractivity (Wildman–Crippen MR) is 59.7 cm³/mol. The molecule has 0 saturated carbocycles. The lowest BCUT2D eigenvalue weighted by Crippen LogP contribution is -2.48. The van der Waals surface area contributed by atoms with E-state index in [9.17, 15) is 13.2 Å². The number of carboxylic acid groups (broad SMARTS) is 1. The van der Waals surface area contributed by atoms with Crippen LogP contribution in [0.1, 0.15) is 19.8 Å². The van der Waals surface area contributed by atoms with Gasteiger partial charge < -0.3 is 10.0 Å². The summed E-state index contributed by atoms with van der Waals surface area (Å²) in [4.78, 5) is 12.5. The van der Waals surface area contributed by atoms with Crippen molar-refractivity contribution in [1.29, 1.82) is 0 Å². The highest BCUT2D eigenvalue weighted by atomic mass is 32.2. The van der Waals surface area contributed by atoms with Gasteiger partial charge in [-0.25, -0.2) is 13.1 Å². The summed E-state index contributed by atoms with van der Waals surface area (Å²) in [6.45, 7) is 4.55. The Kier molecular flexibility index (Phi) is 4.69. The van der Waals surface area contributed by atoms with Gasteiger partial charge in [0.2, 0.25) is 10.0 Å². The van der Waals surface area contributed by atoms with Crippen LogP contribution < -0.4 is 4.72 Å². The summed E-state index contributed by atoms with van der Waals surface area (Å²) in [5.74, 6) is -2.18. The van der Waals surface area contributed by atoms with Gasteiger partial charge in [-0.15, -0.1) is 0 Å². The molecular weight excluding hydrogens is 232 g/mol. The molecule has 1 heterocycles. The number of hydrogen-bond acceptors (Lipinski definition) is 4. The number of likely N-dealkylation sites (N-methyl/N-ethyl adjacent to an activating group) is 1. The summed E-state index contributed by atoms with van der Waals surface area (Å²) < 4.78 is 25.2. The Balaban J connectivity index is 2.50. The molecule has 1 rings (SSSR count). The fourth-order valence-electron chi connectivity index (χ4n) is 1.90. The number of rotatable bonds is 5. The second kappa shape index (κ2) is 5.60. The second-order valence-electron chi connectivity index (χ2n) is 4.00. The first-order chi connectivity index (χ1) is 7.43. The Morgan fingerprint density at radius 3 is 2.81 bits per heavy atom. The largest absolute Gasteiger partial charge is 0.480 e. The number of carboxylic acids is 1. The van der Waals surface area contributed by atoms with Gasteiger partial charge in [-0.1, -0.05) is 6.92 Å². The monoisotopic (exact) mass is 250 g/mol. The average Bonchev–Trinajstić information content (AvgIpc) is 2.15. The molecule has 1 saturated heterocycles. The van der Waals surface area contributed by atoms with Crippen molar-refractivity contribution in [2.45, 2.75) is 25.8 Å². The lowest BCUT2D eigenvalue weighted by Gasteiger charge is -2.31. The van der Waals surface area contributed by atoms with Crippen molar-refractivity contribution >= 4 is 16.0 Å². The van der Waals surface area contributed by atoms with Gasteiger partial charge in [0.1, 0.15) is 0 Å². The van der Waals surface area contributed by atoms with Crippen molar-refractivity contribution in [3.8, 4) is 0 Å². The first-order valence-corrected chi connectivity index (χ1v) is 7.02. The summed E-state index contributed by atoms with van der Waals surface area (Å²) in [7, 11) is -3.69. The number of carbonyl (C=O) groups is 1. The Morgan fingerprint density at radius 2 is 2.25 bits per heavy atom. The van der Waals surface area contributed by atoms with Crippen LogP contribution >= 0.6 is 0 Å². The van der Waals surface area contributed by atoms with Gasteiger partial charge in [-0.05, 0) is 25.9 Å². The molecule has 0 aromatic heterocycles. The average molecular weight is 250 g/mol. The standard InChI is InChI=1S/C9H18N2O4S/c1-2-11-5-3-4-8(6-11)10-16(14,15)7-9(12)13/h8,10H,2-7H2,1H3,(H,12,13). The van der Waals surface area contributed by atoms with E-state index >= 15 is 0 Å². The molecule has 0 radical (unpaired) electrons. The minimum atomic E-state index is -3.69. The Bertz CT molecular complexity index is 341. The number of nitrogens with zero attached hydrogens (tertiary/aromatic N) is 1. The van der Waals surface area contributed by atoms with E-state index in [1.54, 1.807) is 0 Å². The third-order valence-corrected chi connectivity index (χ3v) is 3.93. The van der Waals surface area contributed by atoms with Crippen molar-refractivity contribution in [2.75, 3.05) is 25.4 Å². The molecule has 0 aromatic carbocycles. The zero-order chi connectivity index (χ0) is 12.2. The molecule has 6 nitrogen and oxygen atoms in total. The van der Waals surface area contributed by atoms with E-state index in [4.69, 9.17) is 5.11 Å². The van der Waals surface area contributed by atoms with Gasteiger partial charge in [-0.2, -0.15) is 0 Å². The zero-order valence-corrected chi connectivity index (χ0v) is 10.2. The molecule has 94 valence electrons. The number of piperidine rings is 1. The van der Waals surface area contributed by atoms with Crippen LogP contribution in [0.15, 0.2) is 0 Å². The number of nitrogens with one attached hydrogen (secondary N) is 1. The molecule has 1 atom stereocenters. The van der Waals surface area contributed by atoms with Crippen molar-refractivity contribution in [2.24, 2.45) is 0 Å². The van der Waals surface area contributed by atoms with Gasteiger partial charge in [0.25, 0.3) is 0 Å². The topological polar surface area (TPSA) is 86.7 Å². The van der Waals surface area contributed by atoms with Gasteiger partial charge in [-0.3, -0.25) is 4.79 Å². The lowest BCUT2D eigenvalue weighted by atomic mass is 10.1. The third-order valence-electron chi connectivity index (χ3n) is 2.61. The zero-order valence-electron chi connectivity index (χ0n) is 9.35. The van der Waals surface area contributed by atoms with Gasteiger partial charge >= 0.3 is 5.97 Å². The van der Waals surface area contributed by atoms with Gasteiger partial charge in [0.15, 0.2) is 5.75 Å². The van der Waals surface area contributed by atoms with Crippen LogP contribution in [-0.4, -0.2) is 55.8 Å². The SMILES string of the molecule is CCN1CCCC(NS(=O)(=O)CC(=O)O)C1. The smallest absolute Gasteiger partial charge is 0.320 e. The molecule has 2 N–H and O–H groups in total. The molecular formula is C9H18N2O4S. The number of sulfonamides is 1. The molecule has 7 heteroatoms. The normalized spacial score (nSPS) is 23.2. The highest BCUT2D eigenvalue weighted by Crippen LogP contribution is 2.10. The molecule has 0 aromatic rings. The Morgan fingerprint density at radius 1 is 1.56 bits per heavy atom. The number of likely N-dealkylation sites (tertiary alicyclic amines) is 1. The maximum Gasteiger partial charge on any atom is 0.320 e. The molecule has 0 aliphatic carbocycles. The summed E-state index contributed by atoms with van der Waals surface area (Å²) in [6.07, 6.45) is 1.71. The summed E-state index contributed by atoms with van der Waals surface area (Å²) in [6, 6.07) is -0.155. The van der Waals surface area contributed by atoms with E-state index in [-0.39, 0.29) is 6.04 Å². The number of hydrogen-bond donors (Lipinski definition) is 2. The minimum Gasteiger partial charge on any atom is -0.480 e. The highest BCUT2D eigenvalue weighted by Gasteiger charge is 2.24. The summed E-state index contributed by atoms with van der Waals surface area (Å²) in [5.41, 5.74) is 0. The van der Waals surface area contributed by atoms with Gasteiger partial charge in [0.05, 0.1) is 0 Å². The third kappa shape index (κ3) is 4.46. The Hall–Kier alpha value is -0.660. The van der Waals surface area contributed by atoms with E-state index < -0.39 is 21.7 Å². The maximum atomic E-state index is 11.4. The molecule has 1 fully saturated rings. The molecule has 1 unspecified atom stereocenters. The van der Waals surface area contributed by atoms with Crippen molar-refractivity contribution < 1.29 is 18.3 Å². The molecule has 1 aliphatic heterocycles. The molecule has 0 amide bonds. The minimum absolute atomic E-state index is 0.155. The molecule has 0 bridgehead atoms. The fourth-order valence-corrected chi connectivity index (χ4v) is 3.01. The predicted octanol–water partition coefficient (Wildman–Crippen LogP) is -0.525. The van der Waals surface area contributed by atoms with Crippen LogP contribution in [0.2, 0.25) is 0 Å². The van der Waals surface area contributed by atoms with Gasteiger partial charge in [0, 0.05) is 12.6 Å². The van der Waals surface area contributed by atoms with E-state index in [1.807, 2.05) is 6.92 Å². The van der Waals surface area contributed by atoms with Crippen molar-refractivity contribution in [3.63, 3.8) is 0 Å². The van der Waals surface area contributed by atoms with Crippen LogP contribution in [0.5, 0.6) is 0 Å². The van der Waals surface area contributed by atoms with E-state index in [1.165, 1.54) is 0 Å². The van der Waals surface area contributed by atoms with Crippen LogP contribution in [0.3, 0.4) is 0 Å². The number of aliphatic carboxylic acids is 1. The second-order valence-corrected chi connectivity index (χ2v) is 5.76. The van der Waals surface area contributed by atoms with Crippen LogP contribution in [0.25, 0.3) is 0 Å². The van der Waals surface area contributed by atoms with E-state index in [2.05, 4.69) is 9.62 Å². The maximum absolute atomic E-state index is 11.4. The van der Waals surface area contributed by atoms with E-state index in [0.29, 0.717) is 6.54 Å². The Labute approximate surface area is 95.7 Å². The lowest BCUT2D eigenvalue weighted by molar-refractivity contribution is -0.134. The van der Waals surface area contributed by atoms with Crippen molar-refractivity contribution in [1.82, 2.24) is 9.62 Å². The first-order valence-electron chi connectivity index (χ1n) is 5.37. The quantitative estimate of drug-likeness (QED) is 0.685. The fraction of sp³-hybridized carbons (Fsp3) is 0.889. The van der Waals surface area contributed by atoms with Crippen LogP contribution in [0, 0.1) is 0 Å². The molecule has 16 heavy (non-hydrogen) atoms. The van der Waals surface area contributed by atoms with Crippen molar-refractivity contribution in [3.05, 3.63) is 0 Å². The first kappa shape index (κ1) is 13.4. The molecule has 0 spiro atoms. The molecule has 1 aliphatic rings. The van der Waals surface area contributed by atoms with Crippen LogP contribution in [-0.2, 0) is 14.8 Å². The van der Waals surface area contributed by atoms with E-state index in [0.717, 1.165) is 25.9 Å². The highest BCUT2D eigenvalue weighted by molar-refractivity contribution is 7.90.